The minimum absolute atomic E-state index is 0.251. The summed E-state index contributed by atoms with van der Waals surface area (Å²) in [5.74, 6) is 0. The smallest absolute Gasteiger partial charge is 0.253 e. The van der Waals surface area contributed by atoms with E-state index in [1.807, 2.05) is 24.3 Å². The number of nitrogens with zero attached hydrogens (tertiary/aromatic N) is 1. The van der Waals surface area contributed by atoms with Crippen LogP contribution in [0.15, 0.2) is 58.1 Å². The van der Waals surface area contributed by atoms with Crippen LogP contribution in [0.1, 0.15) is 11.1 Å². The topological polar surface area (TPSA) is 82.0 Å². The van der Waals surface area contributed by atoms with Gasteiger partial charge in [-0.3, -0.25) is 9.59 Å². The number of hydrogen-bond acceptors (Lipinski definition) is 5. The van der Waals surface area contributed by atoms with Crippen molar-refractivity contribution in [1.29, 1.82) is 5.26 Å². The van der Waals surface area contributed by atoms with E-state index in [2.05, 4.69) is 10.6 Å². The highest BCUT2D eigenvalue weighted by atomic mass is 35.5. The van der Waals surface area contributed by atoms with Gasteiger partial charge in [-0.15, -0.1) is 0 Å². The van der Waals surface area contributed by atoms with Crippen molar-refractivity contribution in [2.75, 3.05) is 17.2 Å². The molecule has 0 atom stereocenters. The van der Waals surface area contributed by atoms with Gasteiger partial charge in [0.2, 0.25) is 0 Å². The first-order valence-electron chi connectivity index (χ1n) is 7.67. The number of nitriles is 1. The Hall–Kier alpha value is -3.10. The number of nitrogens with one attached hydrogen (secondary N) is 2. The van der Waals surface area contributed by atoms with Gasteiger partial charge in [-0.25, -0.2) is 0 Å². The van der Waals surface area contributed by atoms with E-state index < -0.39 is 10.9 Å². The predicted octanol–water partition coefficient (Wildman–Crippen LogP) is 3.21. The standard InChI is InChI=1S/C19H14ClN3O2/c20-14-3-1-2-12(10-14)8-9-22-16-17(19(25)18(16)24)23-15-6-4-13(11-21)5-7-15/h1-7,10,22-23H,8-9H2. The van der Waals surface area contributed by atoms with Crippen molar-refractivity contribution < 1.29 is 0 Å². The number of benzene rings is 2. The first-order chi connectivity index (χ1) is 12.1. The van der Waals surface area contributed by atoms with Crippen molar-refractivity contribution in [1.82, 2.24) is 0 Å². The van der Waals surface area contributed by atoms with E-state index in [1.54, 1.807) is 30.3 Å². The Morgan fingerprint density at radius 1 is 1.00 bits per heavy atom. The summed E-state index contributed by atoms with van der Waals surface area (Å²) in [6.45, 7) is 0.507. The van der Waals surface area contributed by atoms with Gasteiger partial charge in [0.1, 0.15) is 11.4 Å². The Bertz CT molecular complexity index is 1010. The molecule has 0 saturated carbocycles. The van der Waals surface area contributed by atoms with Crippen LogP contribution in [0.2, 0.25) is 5.02 Å². The van der Waals surface area contributed by atoms with Gasteiger partial charge in [0.05, 0.1) is 11.6 Å². The van der Waals surface area contributed by atoms with Crippen LogP contribution >= 0.6 is 11.6 Å². The summed E-state index contributed by atoms with van der Waals surface area (Å²) < 4.78 is 0. The number of rotatable bonds is 6. The molecule has 25 heavy (non-hydrogen) atoms. The molecule has 0 aromatic heterocycles. The molecule has 0 unspecified atom stereocenters. The first kappa shape index (κ1) is 16.7. The highest BCUT2D eigenvalue weighted by molar-refractivity contribution is 6.30. The third kappa shape index (κ3) is 3.70. The Balaban J connectivity index is 1.66. The van der Waals surface area contributed by atoms with Gasteiger partial charge >= 0.3 is 0 Å². The first-order valence-corrected chi connectivity index (χ1v) is 8.05. The molecule has 3 aromatic carbocycles. The van der Waals surface area contributed by atoms with Crippen molar-refractivity contribution in [3.8, 4) is 6.07 Å². The molecular weight excluding hydrogens is 338 g/mol. The molecule has 0 fully saturated rings. The third-order valence-corrected chi connectivity index (χ3v) is 4.03. The molecule has 0 amide bonds. The molecule has 3 aromatic rings. The summed E-state index contributed by atoms with van der Waals surface area (Å²) in [7, 11) is 0. The van der Waals surface area contributed by atoms with Crippen LogP contribution in [-0.2, 0) is 6.42 Å². The van der Waals surface area contributed by atoms with Gasteiger partial charge in [0, 0.05) is 17.3 Å². The zero-order chi connectivity index (χ0) is 17.8. The van der Waals surface area contributed by atoms with Crippen molar-refractivity contribution in [2.24, 2.45) is 0 Å². The summed E-state index contributed by atoms with van der Waals surface area (Å²) in [4.78, 5) is 23.6. The van der Waals surface area contributed by atoms with Gasteiger partial charge in [-0.05, 0) is 48.4 Å². The highest BCUT2D eigenvalue weighted by Gasteiger charge is 2.20. The van der Waals surface area contributed by atoms with Crippen LogP contribution in [0.25, 0.3) is 0 Å². The second-order valence-corrected chi connectivity index (χ2v) is 5.97. The Morgan fingerprint density at radius 3 is 2.40 bits per heavy atom. The van der Waals surface area contributed by atoms with E-state index in [1.165, 1.54) is 0 Å². The van der Waals surface area contributed by atoms with Crippen LogP contribution in [0.5, 0.6) is 0 Å². The minimum Gasteiger partial charge on any atom is -0.380 e. The van der Waals surface area contributed by atoms with Crippen molar-refractivity contribution in [3.05, 3.63) is 85.1 Å². The Labute approximate surface area is 149 Å². The summed E-state index contributed by atoms with van der Waals surface area (Å²) in [5, 5.41) is 15.4. The fourth-order valence-electron chi connectivity index (χ4n) is 2.48. The lowest BCUT2D eigenvalue weighted by Gasteiger charge is -2.15. The number of anilines is 3. The summed E-state index contributed by atoms with van der Waals surface area (Å²) in [6, 6.07) is 16.2. The van der Waals surface area contributed by atoms with Crippen LogP contribution in [0, 0.1) is 11.3 Å². The molecule has 0 saturated heterocycles. The van der Waals surface area contributed by atoms with Crippen LogP contribution < -0.4 is 21.5 Å². The van der Waals surface area contributed by atoms with Crippen LogP contribution in [-0.4, -0.2) is 6.54 Å². The maximum absolute atomic E-state index is 11.8. The van der Waals surface area contributed by atoms with E-state index in [-0.39, 0.29) is 11.4 Å². The van der Waals surface area contributed by atoms with Crippen LogP contribution in [0.3, 0.4) is 0 Å². The summed E-state index contributed by atoms with van der Waals surface area (Å²) in [6.07, 6.45) is 0.676. The lowest BCUT2D eigenvalue weighted by atomic mass is 10.1. The van der Waals surface area contributed by atoms with E-state index in [9.17, 15) is 9.59 Å². The fourth-order valence-corrected chi connectivity index (χ4v) is 2.69. The molecule has 5 nitrogen and oxygen atoms in total. The normalized spacial score (nSPS) is 10.4. The molecule has 6 heteroatoms. The Morgan fingerprint density at radius 2 is 1.72 bits per heavy atom. The van der Waals surface area contributed by atoms with Gasteiger partial charge < -0.3 is 10.6 Å². The van der Waals surface area contributed by atoms with Crippen molar-refractivity contribution in [3.63, 3.8) is 0 Å². The average Bonchev–Trinajstić information content (AvgIpc) is 2.64. The predicted molar refractivity (Wildman–Crippen MR) is 99.4 cm³/mol. The largest absolute Gasteiger partial charge is 0.380 e. The molecule has 0 aliphatic carbocycles. The van der Waals surface area contributed by atoms with E-state index in [0.717, 1.165) is 5.56 Å². The molecule has 124 valence electrons. The van der Waals surface area contributed by atoms with E-state index in [4.69, 9.17) is 16.9 Å². The molecule has 0 aliphatic heterocycles. The lowest BCUT2D eigenvalue weighted by molar-refractivity contribution is 1.01. The zero-order valence-electron chi connectivity index (χ0n) is 13.2. The van der Waals surface area contributed by atoms with Gasteiger partial charge in [0.25, 0.3) is 10.9 Å². The third-order valence-electron chi connectivity index (χ3n) is 3.80. The number of halogens is 1. The highest BCUT2D eigenvalue weighted by Crippen LogP contribution is 2.21. The zero-order valence-corrected chi connectivity index (χ0v) is 13.9. The molecule has 0 radical (unpaired) electrons. The molecule has 0 heterocycles. The number of hydrogen-bond donors (Lipinski definition) is 2. The second kappa shape index (κ2) is 7.20. The van der Waals surface area contributed by atoms with Crippen molar-refractivity contribution in [2.45, 2.75) is 6.42 Å². The summed E-state index contributed by atoms with van der Waals surface area (Å²) >= 11 is 5.94. The molecule has 0 bridgehead atoms. The summed E-state index contributed by atoms with van der Waals surface area (Å²) in [5.41, 5.74) is 1.67. The quantitative estimate of drug-likeness (QED) is 0.666. The Kier molecular flexibility index (Phi) is 4.82. The van der Waals surface area contributed by atoms with E-state index in [0.29, 0.717) is 29.2 Å². The molecule has 0 spiro atoms. The monoisotopic (exact) mass is 351 g/mol. The van der Waals surface area contributed by atoms with Gasteiger partial charge in [-0.2, -0.15) is 5.26 Å². The van der Waals surface area contributed by atoms with Crippen molar-refractivity contribution >= 4 is 28.7 Å². The van der Waals surface area contributed by atoms with Gasteiger partial charge in [0.15, 0.2) is 0 Å². The minimum atomic E-state index is -0.547. The molecule has 3 rings (SSSR count). The maximum Gasteiger partial charge on any atom is 0.253 e. The average molecular weight is 352 g/mol. The molecule has 0 aliphatic rings. The molecule has 2 N–H and O–H groups in total. The lowest BCUT2D eigenvalue weighted by Crippen LogP contribution is -2.37. The molecular formula is C19H14ClN3O2. The van der Waals surface area contributed by atoms with Crippen LogP contribution in [0.4, 0.5) is 17.1 Å². The fraction of sp³-hybridized carbons (Fsp3) is 0.105. The van der Waals surface area contributed by atoms with E-state index >= 15 is 0 Å². The second-order valence-electron chi connectivity index (χ2n) is 5.53. The van der Waals surface area contributed by atoms with Gasteiger partial charge in [-0.1, -0.05) is 23.7 Å². The SMILES string of the molecule is N#Cc1ccc(Nc2c(NCCc3cccc(Cl)c3)c(=O)c2=O)cc1. The maximum atomic E-state index is 11.8.